The summed E-state index contributed by atoms with van der Waals surface area (Å²) in [6.07, 6.45) is 6.64. The summed E-state index contributed by atoms with van der Waals surface area (Å²) in [7, 11) is 1.95. The van der Waals surface area contributed by atoms with Gasteiger partial charge in [0.05, 0.1) is 19.0 Å². The van der Waals surface area contributed by atoms with Crippen LogP contribution < -0.4 is 19.5 Å². The maximum atomic E-state index is 13.7. The number of hydrogen-bond acceptors (Lipinski definition) is 4. The zero-order valence-corrected chi connectivity index (χ0v) is 21.6. The molecule has 4 aliphatic rings. The molecule has 5 heterocycles. The molecule has 3 aromatic rings. The molecule has 1 amide bonds. The second-order valence-electron chi connectivity index (χ2n) is 10.4. The number of aromatic nitrogens is 1. The van der Waals surface area contributed by atoms with Crippen molar-refractivity contribution in [2.45, 2.75) is 38.0 Å². The van der Waals surface area contributed by atoms with E-state index in [1.807, 2.05) is 67.1 Å². The average Bonchev–Trinajstić information content (AvgIpc) is 3.56. The van der Waals surface area contributed by atoms with Crippen molar-refractivity contribution < 1.29 is 23.0 Å². The van der Waals surface area contributed by atoms with Crippen LogP contribution in [0.1, 0.15) is 32.1 Å². The molecular weight excluding hydrogens is 499 g/mol. The van der Waals surface area contributed by atoms with Crippen molar-refractivity contribution in [1.82, 2.24) is 4.48 Å². The van der Waals surface area contributed by atoms with E-state index in [-0.39, 0.29) is 12.1 Å². The number of carbonyl (C=O) groups is 1. The van der Waals surface area contributed by atoms with E-state index in [1.54, 1.807) is 0 Å². The van der Waals surface area contributed by atoms with Crippen LogP contribution in [0.3, 0.4) is 0 Å². The third-order valence-corrected chi connectivity index (χ3v) is 9.05. The Labute approximate surface area is 218 Å². The molecule has 0 saturated carbocycles. The van der Waals surface area contributed by atoms with Gasteiger partial charge in [-0.15, -0.1) is 0 Å². The van der Waals surface area contributed by atoms with E-state index in [2.05, 4.69) is 0 Å². The van der Waals surface area contributed by atoms with Gasteiger partial charge < -0.3 is 9.15 Å². The Hall–Kier alpha value is -2.68. The number of fused-ring (bicyclic) bond motifs is 5. The number of benzene rings is 2. The van der Waals surface area contributed by atoms with E-state index >= 15 is 0 Å². The van der Waals surface area contributed by atoms with Crippen LogP contribution >= 0.6 is 23.2 Å². The second-order valence-corrected chi connectivity index (χ2v) is 11.3. The number of nitrogens with zero attached hydrogens (tertiary/aromatic N) is 3. The maximum Gasteiger partial charge on any atom is 0.443 e. The molecule has 3 fully saturated rings. The molecule has 4 unspecified atom stereocenters. The first-order valence-corrected chi connectivity index (χ1v) is 13.0. The number of nitrogens with two attached hydrogens (primary N) is 1. The molecule has 0 bridgehead atoms. The Bertz CT molecular complexity index is 1560. The van der Waals surface area contributed by atoms with Gasteiger partial charge in [-0.3, -0.25) is 5.73 Å². The number of amides is 1. The van der Waals surface area contributed by atoms with Gasteiger partial charge >= 0.3 is 23.3 Å². The lowest BCUT2D eigenvalue weighted by atomic mass is 9.96. The summed E-state index contributed by atoms with van der Waals surface area (Å²) in [5.74, 6) is 2.40. The van der Waals surface area contributed by atoms with E-state index < -0.39 is 5.66 Å². The minimum Gasteiger partial charge on any atom is -0.406 e. The quantitative estimate of drug-likeness (QED) is 0.298. The fourth-order valence-corrected chi connectivity index (χ4v) is 7.17. The number of hydrogen-bond donors (Lipinski definition) is 1. The summed E-state index contributed by atoms with van der Waals surface area (Å²) in [6, 6.07) is 11.3. The Balaban J connectivity index is 1.39. The van der Waals surface area contributed by atoms with Gasteiger partial charge in [0.25, 0.3) is 5.52 Å². The Morgan fingerprint density at radius 1 is 1.19 bits per heavy atom. The average molecular weight is 526 g/mol. The lowest BCUT2D eigenvalue weighted by Gasteiger charge is -2.38. The number of halogens is 2. The highest BCUT2D eigenvalue weighted by Crippen LogP contribution is 2.69. The zero-order chi connectivity index (χ0) is 25.0. The van der Waals surface area contributed by atoms with Gasteiger partial charge in [0.15, 0.2) is 18.0 Å². The molecule has 2 aromatic carbocycles. The van der Waals surface area contributed by atoms with Crippen molar-refractivity contribution in [3.05, 3.63) is 69.9 Å². The van der Waals surface area contributed by atoms with Crippen LogP contribution in [-0.2, 0) is 11.8 Å². The van der Waals surface area contributed by atoms with Gasteiger partial charge in [-0.1, -0.05) is 23.2 Å². The molecule has 3 spiro atoms. The summed E-state index contributed by atoms with van der Waals surface area (Å²) in [5, 5.41) is 1.29. The molecule has 0 radical (unpaired) electrons. The zero-order valence-electron chi connectivity index (χ0n) is 20.1. The highest BCUT2D eigenvalue weighted by Gasteiger charge is 3.02. The van der Waals surface area contributed by atoms with Crippen LogP contribution in [0.5, 0.6) is 5.75 Å². The summed E-state index contributed by atoms with van der Waals surface area (Å²) in [6.45, 7) is 3.47. The number of carbonyl (C=O) groups excluding carboxylic acids is 1. The third-order valence-electron chi connectivity index (χ3n) is 8.58. The number of rotatable bonds is 2. The van der Waals surface area contributed by atoms with E-state index in [0.29, 0.717) is 31.4 Å². The molecule has 3 saturated heterocycles. The van der Waals surface area contributed by atoms with Gasteiger partial charge in [0.2, 0.25) is 11.7 Å². The number of ether oxygens (including phenoxy) is 1. The Morgan fingerprint density at radius 2 is 1.94 bits per heavy atom. The first kappa shape index (κ1) is 22.5. The predicted molar refractivity (Wildman–Crippen MR) is 138 cm³/mol. The Kier molecular flexibility index (Phi) is 4.51. The normalized spacial score (nSPS) is 33.7. The molecule has 9 heteroatoms. The Morgan fingerprint density at radius 3 is 2.69 bits per heavy atom. The molecule has 4 atom stereocenters. The minimum absolute atomic E-state index is 0.145. The molecule has 7 rings (SSSR count). The van der Waals surface area contributed by atoms with Gasteiger partial charge in [-0.05, 0) is 49.6 Å². The van der Waals surface area contributed by atoms with Crippen molar-refractivity contribution >= 4 is 52.0 Å². The monoisotopic (exact) mass is 525 g/mol. The molecule has 7 nitrogen and oxygen atoms in total. The van der Waals surface area contributed by atoms with Crippen molar-refractivity contribution in [2.75, 3.05) is 13.1 Å². The van der Waals surface area contributed by atoms with E-state index in [1.165, 1.54) is 0 Å². The smallest absolute Gasteiger partial charge is 0.406 e. The maximum absolute atomic E-state index is 13.7. The topological polar surface area (TPSA) is 69.3 Å². The second kappa shape index (κ2) is 7.21. The van der Waals surface area contributed by atoms with Gasteiger partial charge in [-0.25, -0.2) is 4.79 Å². The highest BCUT2D eigenvalue weighted by atomic mass is 35.5. The van der Waals surface area contributed by atoms with Gasteiger partial charge in [0.1, 0.15) is 7.05 Å². The number of allylic oxidation sites excluding steroid dienone is 2. The van der Waals surface area contributed by atoms with Gasteiger partial charge in [-0.2, -0.15) is 13.5 Å². The van der Waals surface area contributed by atoms with E-state index in [4.69, 9.17) is 38.1 Å². The number of quaternary nitrogens is 2. The SMILES string of the molecule is CC(=Cc1oc2ccc(Cl)cc2[n+]1C)C=C1Oc2ccc(Cl)cc2[N+]12CCCCC21C(=O)[N+]12CC2N. The molecule has 36 heavy (non-hydrogen) atoms. The van der Waals surface area contributed by atoms with Crippen molar-refractivity contribution in [1.29, 1.82) is 0 Å². The first-order chi connectivity index (χ1) is 17.2. The summed E-state index contributed by atoms with van der Waals surface area (Å²) in [4.78, 5) is 13.7. The van der Waals surface area contributed by atoms with Gasteiger partial charge in [0, 0.05) is 28.3 Å². The lowest BCUT2D eigenvalue weighted by Crippen LogP contribution is -2.63. The largest absolute Gasteiger partial charge is 0.443 e. The van der Waals surface area contributed by atoms with Crippen LogP contribution in [0.2, 0.25) is 10.0 Å². The summed E-state index contributed by atoms with van der Waals surface area (Å²) < 4.78 is 15.3. The van der Waals surface area contributed by atoms with E-state index in [0.717, 1.165) is 59.8 Å². The summed E-state index contributed by atoms with van der Waals surface area (Å²) >= 11 is 12.7. The molecular formula is C27H27Cl2N4O3+3. The molecule has 1 aromatic heterocycles. The van der Waals surface area contributed by atoms with E-state index in [9.17, 15) is 4.79 Å². The fraction of sp³-hybridized carbons (Fsp3) is 0.333. The van der Waals surface area contributed by atoms with Crippen molar-refractivity contribution in [2.24, 2.45) is 12.8 Å². The summed E-state index contributed by atoms with van der Waals surface area (Å²) in [5.41, 5.74) is 9.32. The minimum atomic E-state index is -0.638. The molecule has 4 aliphatic heterocycles. The standard InChI is InChI=1S/C27H27Cl2N4O3/c1-16(11-24-31(2)19-13-17(28)5-7-21(19)35-24)12-25-32(20-14-18(29)6-8-22(20)36-25)10-4-3-9-27(32)26(34)33(27)15-23(33)30/h5-8,11-14,23H,3-4,9-10,15,30H2,1-2H3/q+3. The van der Waals surface area contributed by atoms with Crippen LogP contribution in [0.15, 0.2) is 58.3 Å². The first-order valence-electron chi connectivity index (χ1n) is 12.3. The van der Waals surface area contributed by atoms with Crippen LogP contribution in [-0.4, -0.2) is 35.3 Å². The van der Waals surface area contributed by atoms with Crippen LogP contribution in [0.25, 0.3) is 17.2 Å². The molecule has 2 N–H and O–H groups in total. The third kappa shape index (κ3) is 2.60. The van der Waals surface area contributed by atoms with Crippen molar-refractivity contribution in [3.8, 4) is 5.75 Å². The number of aryl methyl sites for hydroxylation is 1. The lowest BCUT2D eigenvalue weighted by molar-refractivity contribution is -0.684. The number of oxazole rings is 1. The van der Waals surface area contributed by atoms with Crippen LogP contribution in [0.4, 0.5) is 5.69 Å². The predicted octanol–water partition coefficient (Wildman–Crippen LogP) is 4.74. The van der Waals surface area contributed by atoms with Crippen LogP contribution in [0, 0.1) is 0 Å². The highest BCUT2D eigenvalue weighted by molar-refractivity contribution is 6.31. The molecule has 0 aliphatic carbocycles. The number of piperidine rings is 1. The van der Waals surface area contributed by atoms with Crippen molar-refractivity contribution in [3.63, 3.8) is 0 Å². The molecule has 184 valence electrons. The fourth-order valence-electron chi connectivity index (χ4n) is 6.84.